The molecule has 0 amide bonds. The van der Waals surface area contributed by atoms with Gasteiger partial charge in [0.05, 0.1) is 32.0 Å². The highest BCUT2D eigenvalue weighted by molar-refractivity contribution is 7.92. The van der Waals surface area contributed by atoms with Gasteiger partial charge in [-0.05, 0) is 30.3 Å². The lowest BCUT2D eigenvalue weighted by molar-refractivity contribution is 0.555. The van der Waals surface area contributed by atoms with Gasteiger partial charge in [0.15, 0.2) is 0 Å². The van der Waals surface area contributed by atoms with Crippen LogP contribution < -0.4 is 10.5 Å². The molecule has 12 heteroatoms. The second-order valence-electron chi connectivity index (χ2n) is 8.59. The molecule has 0 spiro atoms. The van der Waals surface area contributed by atoms with E-state index >= 15 is 0 Å². The minimum atomic E-state index is -4.48. The third kappa shape index (κ3) is 5.12. The van der Waals surface area contributed by atoms with Crippen LogP contribution >= 0.6 is 22.9 Å². The van der Waals surface area contributed by atoms with Crippen LogP contribution in [-0.2, 0) is 15.4 Å². The van der Waals surface area contributed by atoms with Crippen molar-refractivity contribution in [3.63, 3.8) is 0 Å². The molecule has 2 aromatic heterocycles. The summed E-state index contributed by atoms with van der Waals surface area (Å²) >= 11 is 8.04. The summed E-state index contributed by atoms with van der Waals surface area (Å²) in [6, 6.07) is 8.53. The van der Waals surface area contributed by atoms with Gasteiger partial charge in [-0.15, -0.1) is 11.3 Å². The molecule has 2 aromatic carbocycles. The summed E-state index contributed by atoms with van der Waals surface area (Å²) in [7, 11) is -4.48. The van der Waals surface area contributed by atoms with Gasteiger partial charge < -0.3 is 5.73 Å². The molecule has 0 aliphatic heterocycles. The molecule has 0 aliphatic carbocycles. The molecular weight excluding hydrogens is 516 g/mol. The highest BCUT2D eigenvalue weighted by atomic mass is 35.5. The van der Waals surface area contributed by atoms with E-state index < -0.39 is 26.6 Å². The highest BCUT2D eigenvalue weighted by Gasteiger charge is 2.27. The molecule has 0 unspecified atom stereocenters. The number of anilines is 2. The van der Waals surface area contributed by atoms with Crippen LogP contribution in [0, 0.1) is 11.6 Å². The predicted molar refractivity (Wildman–Crippen MR) is 134 cm³/mol. The Morgan fingerprint density at radius 3 is 2.51 bits per heavy atom. The average Bonchev–Trinajstić information content (AvgIpc) is 3.22. The van der Waals surface area contributed by atoms with Crippen molar-refractivity contribution in [3.05, 3.63) is 70.3 Å². The number of nitrogens with two attached hydrogens (primary N) is 1. The number of aromatic nitrogens is 3. The normalized spacial score (nSPS) is 12.1. The van der Waals surface area contributed by atoms with E-state index in [0.29, 0.717) is 27.9 Å². The van der Waals surface area contributed by atoms with Crippen molar-refractivity contribution < 1.29 is 17.2 Å². The predicted octanol–water partition coefficient (Wildman–Crippen LogP) is 5.88. The molecule has 0 bridgehead atoms. The first-order valence-corrected chi connectivity index (χ1v) is 12.9. The number of rotatable bonds is 5. The Morgan fingerprint density at radius 1 is 1.09 bits per heavy atom. The molecule has 2 heterocycles. The van der Waals surface area contributed by atoms with E-state index in [1.807, 2.05) is 20.8 Å². The van der Waals surface area contributed by atoms with Gasteiger partial charge in [0, 0.05) is 17.2 Å². The summed E-state index contributed by atoms with van der Waals surface area (Å²) in [5.74, 6) is -1.90. The van der Waals surface area contributed by atoms with Gasteiger partial charge in [-0.1, -0.05) is 44.5 Å². The zero-order valence-electron chi connectivity index (χ0n) is 18.8. The molecule has 0 fully saturated rings. The summed E-state index contributed by atoms with van der Waals surface area (Å²) in [6.07, 6.45) is 1.53. The van der Waals surface area contributed by atoms with Crippen LogP contribution in [0.1, 0.15) is 25.8 Å². The molecule has 7 nitrogen and oxygen atoms in total. The number of thiazole rings is 1. The standard InChI is InChI=1S/C23H20ClF2N5O2S2/c1-23(2,3)21-30-19(20(34-21)16-9-10-28-22(27)29-16)13-5-4-6-15(18(13)24)31-35(32,33)17-11-12(25)7-8-14(17)26/h4-11,31H,1-3H3,(H2,27,28,29). The van der Waals surface area contributed by atoms with E-state index in [0.717, 1.165) is 17.1 Å². The first kappa shape index (κ1) is 25.0. The average molecular weight is 536 g/mol. The zero-order valence-corrected chi connectivity index (χ0v) is 21.2. The summed E-state index contributed by atoms with van der Waals surface area (Å²) in [6.45, 7) is 6.02. The molecule has 3 N–H and O–H groups in total. The van der Waals surface area contributed by atoms with Gasteiger partial charge in [-0.25, -0.2) is 32.2 Å². The number of hydrogen-bond donors (Lipinski definition) is 2. The Balaban J connectivity index is 1.84. The Kier molecular flexibility index (Phi) is 6.52. The van der Waals surface area contributed by atoms with Crippen molar-refractivity contribution in [1.82, 2.24) is 15.0 Å². The SMILES string of the molecule is CC(C)(C)c1nc(-c2cccc(NS(=O)(=O)c3cc(F)ccc3F)c2Cl)c(-c2ccnc(N)n2)s1. The summed E-state index contributed by atoms with van der Waals surface area (Å²) in [4.78, 5) is 12.8. The van der Waals surface area contributed by atoms with E-state index in [1.54, 1.807) is 18.2 Å². The number of nitrogens with zero attached hydrogens (tertiary/aromatic N) is 3. The van der Waals surface area contributed by atoms with E-state index in [-0.39, 0.29) is 22.1 Å². The molecule has 0 atom stereocenters. The van der Waals surface area contributed by atoms with E-state index in [1.165, 1.54) is 23.6 Å². The van der Waals surface area contributed by atoms with Gasteiger partial charge >= 0.3 is 0 Å². The summed E-state index contributed by atoms with van der Waals surface area (Å²) in [5, 5.41) is 0.825. The maximum absolute atomic E-state index is 14.2. The van der Waals surface area contributed by atoms with Crippen molar-refractivity contribution in [2.75, 3.05) is 10.5 Å². The zero-order chi connectivity index (χ0) is 25.5. The van der Waals surface area contributed by atoms with Crippen LogP contribution in [0.4, 0.5) is 20.4 Å². The molecule has 182 valence electrons. The van der Waals surface area contributed by atoms with Gasteiger partial charge in [0.1, 0.15) is 16.5 Å². The van der Waals surface area contributed by atoms with Crippen LogP contribution in [-0.4, -0.2) is 23.4 Å². The molecule has 0 saturated carbocycles. The van der Waals surface area contributed by atoms with Crippen molar-refractivity contribution in [1.29, 1.82) is 0 Å². The Labute approximate surface area is 210 Å². The highest BCUT2D eigenvalue weighted by Crippen LogP contribution is 2.44. The smallest absolute Gasteiger partial charge is 0.264 e. The fourth-order valence-electron chi connectivity index (χ4n) is 3.17. The number of benzene rings is 2. The Hall–Kier alpha value is -3.15. The van der Waals surface area contributed by atoms with Crippen molar-refractivity contribution in [3.8, 4) is 21.8 Å². The fourth-order valence-corrected chi connectivity index (χ4v) is 5.76. The first-order valence-electron chi connectivity index (χ1n) is 10.2. The fraction of sp³-hybridized carbons (Fsp3) is 0.174. The molecule has 0 aliphatic rings. The topological polar surface area (TPSA) is 111 Å². The number of sulfonamides is 1. The molecule has 4 aromatic rings. The van der Waals surface area contributed by atoms with Gasteiger partial charge in [0.25, 0.3) is 10.0 Å². The van der Waals surface area contributed by atoms with Gasteiger partial charge in [0.2, 0.25) is 5.95 Å². The van der Waals surface area contributed by atoms with Crippen molar-refractivity contribution in [2.24, 2.45) is 0 Å². The number of nitrogen functional groups attached to an aromatic ring is 1. The number of nitrogens with one attached hydrogen (secondary N) is 1. The molecule has 0 saturated heterocycles. The lowest BCUT2D eigenvalue weighted by Crippen LogP contribution is -2.15. The molecule has 4 rings (SSSR count). The third-order valence-corrected chi connectivity index (χ3v) is 8.15. The monoisotopic (exact) mass is 535 g/mol. The van der Waals surface area contributed by atoms with Crippen LogP contribution in [0.5, 0.6) is 0 Å². The maximum Gasteiger partial charge on any atom is 0.264 e. The van der Waals surface area contributed by atoms with Crippen LogP contribution in [0.25, 0.3) is 21.8 Å². The van der Waals surface area contributed by atoms with Crippen LogP contribution in [0.2, 0.25) is 5.02 Å². The van der Waals surface area contributed by atoms with E-state index in [9.17, 15) is 17.2 Å². The second-order valence-corrected chi connectivity index (χ2v) is 11.6. The van der Waals surface area contributed by atoms with Crippen molar-refractivity contribution in [2.45, 2.75) is 31.1 Å². The van der Waals surface area contributed by atoms with E-state index in [4.69, 9.17) is 22.3 Å². The second kappa shape index (κ2) is 9.14. The summed E-state index contributed by atoms with van der Waals surface area (Å²) < 4.78 is 55.6. The Morgan fingerprint density at radius 2 is 1.83 bits per heavy atom. The number of hydrogen-bond acceptors (Lipinski definition) is 7. The molecular formula is C23H20ClF2N5O2S2. The van der Waals surface area contributed by atoms with Crippen molar-refractivity contribution >= 4 is 44.6 Å². The minimum absolute atomic E-state index is 0.0220. The number of halogens is 3. The Bertz CT molecular complexity index is 1540. The first-order chi connectivity index (χ1) is 16.4. The molecule has 0 radical (unpaired) electrons. The summed E-state index contributed by atoms with van der Waals surface area (Å²) in [5.41, 5.74) is 6.89. The maximum atomic E-state index is 14.2. The van der Waals surface area contributed by atoms with Gasteiger partial charge in [-0.2, -0.15) is 0 Å². The quantitative estimate of drug-likeness (QED) is 0.330. The molecule has 35 heavy (non-hydrogen) atoms. The van der Waals surface area contributed by atoms with Gasteiger partial charge in [-0.3, -0.25) is 4.72 Å². The van der Waals surface area contributed by atoms with Crippen LogP contribution in [0.3, 0.4) is 0 Å². The minimum Gasteiger partial charge on any atom is -0.368 e. The van der Waals surface area contributed by atoms with E-state index in [2.05, 4.69) is 14.7 Å². The largest absolute Gasteiger partial charge is 0.368 e. The third-order valence-electron chi connectivity index (χ3n) is 4.86. The lowest BCUT2D eigenvalue weighted by atomic mass is 9.98. The van der Waals surface area contributed by atoms with Crippen LogP contribution in [0.15, 0.2) is 53.6 Å². The lowest BCUT2D eigenvalue weighted by Gasteiger charge is -2.14.